The molecule has 24 heavy (non-hydrogen) atoms. The van der Waals surface area contributed by atoms with Crippen molar-refractivity contribution in [2.75, 3.05) is 27.4 Å². The summed E-state index contributed by atoms with van der Waals surface area (Å²) in [4.78, 5) is 34.0. The van der Waals surface area contributed by atoms with Crippen molar-refractivity contribution in [3.63, 3.8) is 0 Å². The molecule has 1 aliphatic heterocycles. The normalized spacial score (nSPS) is 21.8. The Labute approximate surface area is 138 Å². The van der Waals surface area contributed by atoms with Gasteiger partial charge in [-0.05, 0) is 6.42 Å². The molecule has 2 aromatic heterocycles. The number of nitrogens with one attached hydrogen (secondary N) is 1. The van der Waals surface area contributed by atoms with E-state index in [1.54, 1.807) is 21.3 Å². The monoisotopic (exact) mass is 337 g/mol. The van der Waals surface area contributed by atoms with Gasteiger partial charge in [0.25, 0.3) is 5.56 Å². The highest BCUT2D eigenvalue weighted by atomic mass is 16.5. The molecule has 3 rings (SSSR count). The lowest BCUT2D eigenvalue weighted by Gasteiger charge is -2.22. The molecule has 9 nitrogen and oxygen atoms in total. The van der Waals surface area contributed by atoms with E-state index < -0.39 is 0 Å². The SMILES string of the molecule is COC[C@@H]1C[C@@H](OC)CN1Cc1nc2c([nH]1)c(=O)n(C)c(=O)n2C. The number of ether oxygens (including phenoxy) is 2. The van der Waals surface area contributed by atoms with Crippen LogP contribution in [0.1, 0.15) is 12.2 Å². The van der Waals surface area contributed by atoms with Crippen molar-refractivity contribution in [2.24, 2.45) is 14.1 Å². The van der Waals surface area contributed by atoms with Crippen molar-refractivity contribution in [2.45, 2.75) is 25.1 Å². The van der Waals surface area contributed by atoms with E-state index in [9.17, 15) is 9.59 Å². The van der Waals surface area contributed by atoms with E-state index >= 15 is 0 Å². The predicted octanol–water partition coefficient (Wildman–Crippen LogP) is -0.804. The Balaban J connectivity index is 1.93. The number of aromatic amines is 1. The molecule has 1 saturated heterocycles. The summed E-state index contributed by atoms with van der Waals surface area (Å²) >= 11 is 0. The molecule has 0 saturated carbocycles. The lowest BCUT2D eigenvalue weighted by atomic mass is 10.2. The number of nitrogens with zero attached hydrogens (tertiary/aromatic N) is 4. The van der Waals surface area contributed by atoms with Crippen LogP contribution in [-0.2, 0) is 30.1 Å². The maximum Gasteiger partial charge on any atom is 0.332 e. The molecule has 0 radical (unpaired) electrons. The fourth-order valence-corrected chi connectivity index (χ4v) is 3.31. The Morgan fingerprint density at radius 1 is 1.25 bits per heavy atom. The van der Waals surface area contributed by atoms with Crippen molar-refractivity contribution in [3.8, 4) is 0 Å². The smallest absolute Gasteiger partial charge is 0.332 e. The maximum absolute atomic E-state index is 12.2. The van der Waals surface area contributed by atoms with Gasteiger partial charge in [0.15, 0.2) is 5.65 Å². The number of H-pyrrole nitrogens is 1. The molecule has 0 aliphatic carbocycles. The lowest BCUT2D eigenvalue weighted by molar-refractivity contribution is 0.105. The number of rotatable bonds is 5. The Morgan fingerprint density at radius 2 is 2.00 bits per heavy atom. The summed E-state index contributed by atoms with van der Waals surface area (Å²) in [5.41, 5.74) is -0.0239. The third-order valence-electron chi connectivity index (χ3n) is 4.68. The largest absolute Gasteiger partial charge is 0.383 e. The fraction of sp³-hybridized carbons (Fsp3) is 0.667. The summed E-state index contributed by atoms with van der Waals surface area (Å²) in [5.74, 6) is 0.654. The number of fused-ring (bicyclic) bond motifs is 1. The summed E-state index contributed by atoms with van der Waals surface area (Å²) in [6, 6.07) is 0.236. The standard InChI is InChI=1S/C15H23N5O4/c1-18-13-12(14(21)19(2)15(18)22)16-11(17-13)7-20-6-10(24-4)5-9(20)8-23-3/h9-10H,5-8H2,1-4H3,(H,16,17)/t9-,10+/m0/s1. The van der Waals surface area contributed by atoms with Crippen LogP contribution in [0.2, 0.25) is 0 Å². The Morgan fingerprint density at radius 3 is 2.67 bits per heavy atom. The van der Waals surface area contributed by atoms with Gasteiger partial charge in [-0.2, -0.15) is 0 Å². The molecular weight excluding hydrogens is 314 g/mol. The molecule has 1 aliphatic rings. The first-order valence-electron chi connectivity index (χ1n) is 7.86. The Hall–Kier alpha value is -1.97. The second-order valence-corrected chi connectivity index (χ2v) is 6.22. The average Bonchev–Trinajstić information content (AvgIpc) is 3.16. The summed E-state index contributed by atoms with van der Waals surface area (Å²) in [5, 5.41) is 0. The van der Waals surface area contributed by atoms with E-state index in [0.717, 1.165) is 17.5 Å². The van der Waals surface area contributed by atoms with Crippen LogP contribution in [-0.4, -0.2) is 63.5 Å². The van der Waals surface area contributed by atoms with Crippen molar-refractivity contribution in [3.05, 3.63) is 26.7 Å². The molecule has 9 heteroatoms. The summed E-state index contributed by atoms with van der Waals surface area (Å²) in [6.07, 6.45) is 1.05. The zero-order chi connectivity index (χ0) is 17.4. The third kappa shape index (κ3) is 2.79. The van der Waals surface area contributed by atoms with Gasteiger partial charge in [-0.1, -0.05) is 0 Å². The highest BCUT2D eigenvalue weighted by molar-refractivity contribution is 5.69. The molecule has 0 bridgehead atoms. The molecule has 1 N–H and O–H groups in total. The molecule has 0 unspecified atom stereocenters. The van der Waals surface area contributed by atoms with Crippen molar-refractivity contribution in [1.29, 1.82) is 0 Å². The highest BCUT2D eigenvalue weighted by Crippen LogP contribution is 2.22. The number of likely N-dealkylation sites (tertiary alicyclic amines) is 1. The molecule has 2 aromatic rings. The molecular formula is C15H23N5O4. The number of aromatic nitrogens is 4. The lowest BCUT2D eigenvalue weighted by Crippen LogP contribution is -2.36. The van der Waals surface area contributed by atoms with Gasteiger partial charge in [-0.15, -0.1) is 0 Å². The van der Waals surface area contributed by atoms with Crippen LogP contribution in [0.5, 0.6) is 0 Å². The quantitative estimate of drug-likeness (QED) is 0.767. The van der Waals surface area contributed by atoms with Gasteiger partial charge in [0.05, 0.1) is 19.3 Å². The van der Waals surface area contributed by atoms with Gasteiger partial charge < -0.3 is 14.5 Å². The van der Waals surface area contributed by atoms with Gasteiger partial charge in [-0.25, -0.2) is 9.78 Å². The van der Waals surface area contributed by atoms with Crippen LogP contribution in [0.15, 0.2) is 9.59 Å². The maximum atomic E-state index is 12.2. The third-order valence-corrected chi connectivity index (χ3v) is 4.68. The molecule has 132 valence electrons. The zero-order valence-corrected chi connectivity index (χ0v) is 14.4. The second-order valence-electron chi connectivity index (χ2n) is 6.22. The van der Waals surface area contributed by atoms with Gasteiger partial charge in [0.1, 0.15) is 11.3 Å². The molecule has 0 aromatic carbocycles. The van der Waals surface area contributed by atoms with Crippen molar-refractivity contribution >= 4 is 11.2 Å². The fourth-order valence-electron chi connectivity index (χ4n) is 3.31. The van der Waals surface area contributed by atoms with Gasteiger partial charge in [0.2, 0.25) is 0 Å². The number of hydrogen-bond acceptors (Lipinski definition) is 6. The van der Waals surface area contributed by atoms with E-state index in [1.165, 1.54) is 11.6 Å². The number of methoxy groups -OCH3 is 2. The van der Waals surface area contributed by atoms with Crippen LogP contribution in [0.25, 0.3) is 11.2 Å². The minimum Gasteiger partial charge on any atom is -0.383 e. The topological polar surface area (TPSA) is 94.4 Å². The molecule has 3 heterocycles. The predicted molar refractivity (Wildman–Crippen MR) is 88.1 cm³/mol. The van der Waals surface area contributed by atoms with Crippen molar-refractivity contribution in [1.82, 2.24) is 24.0 Å². The average molecular weight is 337 g/mol. The van der Waals surface area contributed by atoms with Crippen LogP contribution >= 0.6 is 0 Å². The second kappa shape index (κ2) is 6.50. The summed E-state index contributed by atoms with van der Waals surface area (Å²) in [7, 11) is 6.46. The first-order valence-corrected chi connectivity index (χ1v) is 7.86. The van der Waals surface area contributed by atoms with Crippen LogP contribution in [0, 0.1) is 0 Å². The van der Waals surface area contributed by atoms with Gasteiger partial charge in [-0.3, -0.25) is 18.8 Å². The zero-order valence-electron chi connectivity index (χ0n) is 14.4. The molecule has 1 fully saturated rings. The molecule has 0 amide bonds. The Kier molecular flexibility index (Phi) is 4.57. The molecule has 0 spiro atoms. The van der Waals surface area contributed by atoms with E-state index in [0.29, 0.717) is 30.1 Å². The van der Waals surface area contributed by atoms with Crippen LogP contribution < -0.4 is 11.2 Å². The minimum absolute atomic E-state index is 0.159. The number of aryl methyl sites for hydroxylation is 1. The van der Waals surface area contributed by atoms with Crippen LogP contribution in [0.4, 0.5) is 0 Å². The van der Waals surface area contributed by atoms with Crippen molar-refractivity contribution < 1.29 is 9.47 Å². The number of imidazole rings is 1. The first-order chi connectivity index (χ1) is 11.5. The number of hydrogen-bond donors (Lipinski definition) is 1. The van der Waals surface area contributed by atoms with Gasteiger partial charge >= 0.3 is 5.69 Å². The highest BCUT2D eigenvalue weighted by Gasteiger charge is 2.32. The first kappa shape index (κ1) is 16.9. The van der Waals surface area contributed by atoms with E-state index in [2.05, 4.69) is 14.9 Å². The molecule has 2 atom stereocenters. The van der Waals surface area contributed by atoms with E-state index in [-0.39, 0.29) is 23.4 Å². The minimum atomic E-state index is -0.386. The van der Waals surface area contributed by atoms with E-state index in [1.807, 2.05) is 0 Å². The Bertz CT molecular complexity index is 852. The van der Waals surface area contributed by atoms with E-state index in [4.69, 9.17) is 9.47 Å². The van der Waals surface area contributed by atoms with Crippen LogP contribution in [0.3, 0.4) is 0 Å². The summed E-state index contributed by atoms with van der Waals surface area (Å²) in [6.45, 7) is 1.93. The summed E-state index contributed by atoms with van der Waals surface area (Å²) < 4.78 is 13.2. The van der Waals surface area contributed by atoms with Gasteiger partial charge in [0, 0.05) is 40.9 Å².